The first-order chi connectivity index (χ1) is 10.7. The SMILES string of the molecule is Cc1ccc(C)c(NC(=O)[C@H](C)N(C)CCNC(=O)N(C)C)c1. The molecule has 2 N–H and O–H groups in total. The fourth-order valence-electron chi connectivity index (χ4n) is 2.00. The minimum atomic E-state index is -0.286. The van der Waals surface area contributed by atoms with Crippen molar-refractivity contribution >= 4 is 17.6 Å². The molecule has 0 aliphatic rings. The smallest absolute Gasteiger partial charge is 0.316 e. The van der Waals surface area contributed by atoms with Gasteiger partial charge in [0.05, 0.1) is 6.04 Å². The lowest BCUT2D eigenvalue weighted by molar-refractivity contribution is -0.120. The molecule has 0 aromatic heterocycles. The Morgan fingerprint density at radius 2 is 1.83 bits per heavy atom. The third kappa shape index (κ3) is 5.90. The van der Waals surface area contributed by atoms with Crippen LogP contribution in [-0.2, 0) is 4.79 Å². The summed E-state index contributed by atoms with van der Waals surface area (Å²) in [6.07, 6.45) is 0. The van der Waals surface area contributed by atoms with Crippen LogP contribution in [0.25, 0.3) is 0 Å². The van der Waals surface area contributed by atoms with Gasteiger partial charge in [-0.1, -0.05) is 12.1 Å². The highest BCUT2D eigenvalue weighted by molar-refractivity contribution is 5.95. The van der Waals surface area contributed by atoms with Gasteiger partial charge in [0.2, 0.25) is 5.91 Å². The van der Waals surface area contributed by atoms with E-state index in [0.717, 1.165) is 16.8 Å². The number of carbonyl (C=O) groups excluding carboxylic acids is 2. The van der Waals surface area contributed by atoms with E-state index in [4.69, 9.17) is 0 Å². The van der Waals surface area contributed by atoms with Gasteiger partial charge in [-0.2, -0.15) is 0 Å². The topological polar surface area (TPSA) is 64.7 Å². The predicted octanol–water partition coefficient (Wildman–Crippen LogP) is 1.83. The number of likely N-dealkylation sites (N-methyl/N-ethyl adjacent to an activating group) is 1. The summed E-state index contributed by atoms with van der Waals surface area (Å²) >= 11 is 0. The van der Waals surface area contributed by atoms with Crippen molar-refractivity contribution in [2.24, 2.45) is 0 Å². The number of hydrogen-bond donors (Lipinski definition) is 2. The first kappa shape index (κ1) is 19.0. The van der Waals surface area contributed by atoms with E-state index in [2.05, 4.69) is 10.6 Å². The van der Waals surface area contributed by atoms with Crippen LogP contribution < -0.4 is 10.6 Å². The minimum Gasteiger partial charge on any atom is -0.337 e. The molecule has 23 heavy (non-hydrogen) atoms. The quantitative estimate of drug-likeness (QED) is 0.840. The second-order valence-corrected chi connectivity index (χ2v) is 6.09. The Bertz CT molecular complexity index is 558. The highest BCUT2D eigenvalue weighted by Crippen LogP contribution is 2.16. The maximum Gasteiger partial charge on any atom is 0.316 e. The number of amides is 3. The Hall–Kier alpha value is -2.08. The van der Waals surface area contributed by atoms with Gasteiger partial charge in [0, 0.05) is 32.9 Å². The summed E-state index contributed by atoms with van der Waals surface area (Å²) in [5.74, 6) is -0.0554. The van der Waals surface area contributed by atoms with Crippen LogP contribution in [0.5, 0.6) is 0 Å². The first-order valence-corrected chi connectivity index (χ1v) is 7.76. The van der Waals surface area contributed by atoms with E-state index in [0.29, 0.717) is 13.1 Å². The number of rotatable bonds is 6. The second kappa shape index (κ2) is 8.53. The number of nitrogens with zero attached hydrogens (tertiary/aromatic N) is 2. The normalized spacial score (nSPS) is 12.0. The van der Waals surface area contributed by atoms with E-state index in [9.17, 15) is 9.59 Å². The molecule has 1 aromatic rings. The van der Waals surface area contributed by atoms with Gasteiger partial charge in [-0.3, -0.25) is 9.69 Å². The van der Waals surface area contributed by atoms with Gasteiger partial charge in [0.15, 0.2) is 0 Å². The summed E-state index contributed by atoms with van der Waals surface area (Å²) < 4.78 is 0. The van der Waals surface area contributed by atoms with Crippen LogP contribution in [0.15, 0.2) is 18.2 Å². The summed E-state index contributed by atoms with van der Waals surface area (Å²) in [6, 6.07) is 5.57. The van der Waals surface area contributed by atoms with Crippen molar-refractivity contribution in [2.75, 3.05) is 39.5 Å². The van der Waals surface area contributed by atoms with E-state index in [1.54, 1.807) is 14.1 Å². The largest absolute Gasteiger partial charge is 0.337 e. The lowest BCUT2D eigenvalue weighted by Crippen LogP contribution is -2.44. The molecule has 0 unspecified atom stereocenters. The lowest BCUT2D eigenvalue weighted by atomic mass is 10.1. The van der Waals surface area contributed by atoms with Gasteiger partial charge < -0.3 is 15.5 Å². The monoisotopic (exact) mass is 320 g/mol. The molecule has 1 atom stereocenters. The van der Waals surface area contributed by atoms with Gasteiger partial charge in [0.25, 0.3) is 0 Å². The Kier molecular flexibility index (Phi) is 7.03. The fourth-order valence-corrected chi connectivity index (χ4v) is 2.00. The van der Waals surface area contributed by atoms with Crippen molar-refractivity contribution in [3.05, 3.63) is 29.3 Å². The standard InChI is InChI=1S/C17H28N4O2/c1-12-7-8-13(2)15(11-12)19-16(22)14(3)21(6)10-9-18-17(23)20(4)5/h7-8,11,14H,9-10H2,1-6H3,(H,18,23)(H,19,22)/t14-/m0/s1. The van der Waals surface area contributed by atoms with Crippen molar-refractivity contribution in [3.63, 3.8) is 0 Å². The van der Waals surface area contributed by atoms with Crippen LogP contribution in [-0.4, -0.2) is 62.0 Å². The Labute approximate surface area is 138 Å². The lowest BCUT2D eigenvalue weighted by Gasteiger charge is -2.24. The molecule has 0 bridgehead atoms. The van der Waals surface area contributed by atoms with Crippen molar-refractivity contribution in [1.82, 2.24) is 15.1 Å². The molecule has 0 aliphatic carbocycles. The molecule has 0 aliphatic heterocycles. The van der Waals surface area contributed by atoms with Gasteiger partial charge in [-0.15, -0.1) is 0 Å². The molecular weight excluding hydrogens is 292 g/mol. The molecule has 0 fully saturated rings. The molecule has 0 saturated carbocycles. The average Bonchev–Trinajstić information content (AvgIpc) is 2.49. The van der Waals surface area contributed by atoms with Crippen LogP contribution in [0, 0.1) is 13.8 Å². The van der Waals surface area contributed by atoms with E-state index in [-0.39, 0.29) is 18.0 Å². The number of hydrogen-bond acceptors (Lipinski definition) is 3. The fraction of sp³-hybridized carbons (Fsp3) is 0.529. The van der Waals surface area contributed by atoms with Crippen LogP contribution in [0.2, 0.25) is 0 Å². The van der Waals surface area contributed by atoms with Crippen LogP contribution >= 0.6 is 0 Å². The Morgan fingerprint density at radius 3 is 2.43 bits per heavy atom. The molecule has 0 spiro atoms. The summed E-state index contributed by atoms with van der Waals surface area (Å²) in [5.41, 5.74) is 2.99. The van der Waals surface area contributed by atoms with E-state index < -0.39 is 0 Å². The maximum atomic E-state index is 12.4. The summed E-state index contributed by atoms with van der Waals surface area (Å²) in [7, 11) is 5.26. The first-order valence-electron chi connectivity index (χ1n) is 7.76. The molecule has 0 heterocycles. The molecular formula is C17H28N4O2. The zero-order chi connectivity index (χ0) is 17.6. The molecule has 0 saturated heterocycles. The molecule has 1 rings (SSSR count). The van der Waals surface area contributed by atoms with Gasteiger partial charge in [-0.05, 0) is 45.0 Å². The predicted molar refractivity (Wildman–Crippen MR) is 93.7 cm³/mol. The highest BCUT2D eigenvalue weighted by Gasteiger charge is 2.18. The summed E-state index contributed by atoms with van der Waals surface area (Å²) in [6.45, 7) is 6.92. The van der Waals surface area contributed by atoms with Crippen molar-refractivity contribution in [3.8, 4) is 0 Å². The molecule has 128 valence electrons. The van der Waals surface area contributed by atoms with Crippen molar-refractivity contribution in [1.29, 1.82) is 0 Å². The van der Waals surface area contributed by atoms with Crippen LogP contribution in [0.4, 0.5) is 10.5 Å². The number of aryl methyl sites for hydroxylation is 2. The Morgan fingerprint density at radius 1 is 1.17 bits per heavy atom. The summed E-state index contributed by atoms with van der Waals surface area (Å²) in [4.78, 5) is 27.2. The third-order valence-electron chi connectivity index (χ3n) is 3.84. The maximum absolute atomic E-state index is 12.4. The second-order valence-electron chi connectivity index (χ2n) is 6.09. The number of benzene rings is 1. The summed E-state index contributed by atoms with van der Waals surface area (Å²) in [5, 5.41) is 5.76. The Balaban J connectivity index is 2.52. The third-order valence-corrected chi connectivity index (χ3v) is 3.84. The van der Waals surface area contributed by atoms with Gasteiger partial charge in [-0.25, -0.2) is 4.79 Å². The molecule has 0 radical (unpaired) electrons. The molecule has 6 heteroatoms. The van der Waals surface area contributed by atoms with Crippen molar-refractivity contribution < 1.29 is 9.59 Å². The molecule has 3 amide bonds. The van der Waals surface area contributed by atoms with E-state index in [1.165, 1.54) is 4.90 Å². The molecule has 1 aromatic carbocycles. The van der Waals surface area contributed by atoms with E-state index in [1.807, 2.05) is 50.9 Å². The van der Waals surface area contributed by atoms with Crippen LogP contribution in [0.1, 0.15) is 18.1 Å². The number of nitrogens with one attached hydrogen (secondary N) is 2. The highest BCUT2D eigenvalue weighted by atomic mass is 16.2. The van der Waals surface area contributed by atoms with Crippen LogP contribution in [0.3, 0.4) is 0 Å². The number of urea groups is 1. The van der Waals surface area contributed by atoms with Gasteiger partial charge >= 0.3 is 6.03 Å². The minimum absolute atomic E-state index is 0.0554. The van der Waals surface area contributed by atoms with E-state index >= 15 is 0 Å². The number of anilines is 1. The van der Waals surface area contributed by atoms with Crippen molar-refractivity contribution in [2.45, 2.75) is 26.8 Å². The zero-order valence-electron chi connectivity index (χ0n) is 14.9. The molecule has 6 nitrogen and oxygen atoms in total. The zero-order valence-corrected chi connectivity index (χ0v) is 14.9. The average molecular weight is 320 g/mol. The van der Waals surface area contributed by atoms with Gasteiger partial charge in [0.1, 0.15) is 0 Å². The number of carbonyl (C=O) groups is 2.